The summed E-state index contributed by atoms with van der Waals surface area (Å²) < 4.78 is 11.8. The summed E-state index contributed by atoms with van der Waals surface area (Å²) in [6.45, 7) is 4.58. The minimum Gasteiger partial charge on any atom is -0.493 e. The zero-order chi connectivity index (χ0) is 13.0. The number of halogens is 1. The lowest BCUT2D eigenvalue weighted by Crippen LogP contribution is -1.95. The van der Waals surface area contributed by atoms with Crippen LogP contribution in [0.15, 0.2) is 35.2 Å². The summed E-state index contributed by atoms with van der Waals surface area (Å²) in [4.78, 5) is 7.97. The maximum absolute atomic E-state index is 5.64. The summed E-state index contributed by atoms with van der Waals surface area (Å²) in [5, 5.41) is 0. The highest BCUT2D eigenvalue weighted by atomic mass is 79.9. The normalized spacial score (nSPS) is 10.2. The minimum atomic E-state index is 0.489. The van der Waals surface area contributed by atoms with Gasteiger partial charge in [0.15, 0.2) is 0 Å². The quantitative estimate of drug-likeness (QED) is 0.807. The Labute approximate surface area is 114 Å². The fourth-order valence-electron chi connectivity index (χ4n) is 1.45. The number of rotatable bonds is 4. The zero-order valence-corrected chi connectivity index (χ0v) is 11.8. The molecule has 0 radical (unpaired) electrons. The van der Waals surface area contributed by atoms with E-state index in [0.717, 1.165) is 11.3 Å². The SMILES string of the molecule is CCOc1cc(Oc2cc(Br)ncn2)ccc1C. The molecule has 0 saturated carbocycles. The summed E-state index contributed by atoms with van der Waals surface area (Å²) in [5.41, 5.74) is 1.08. The lowest BCUT2D eigenvalue weighted by atomic mass is 10.2. The monoisotopic (exact) mass is 308 g/mol. The highest BCUT2D eigenvalue weighted by molar-refractivity contribution is 9.10. The van der Waals surface area contributed by atoms with Gasteiger partial charge in [-0.2, -0.15) is 0 Å². The minimum absolute atomic E-state index is 0.489. The van der Waals surface area contributed by atoms with Gasteiger partial charge in [0.2, 0.25) is 5.88 Å². The molecule has 2 aromatic rings. The Bertz CT molecular complexity index is 546. The van der Waals surface area contributed by atoms with Crippen molar-refractivity contribution in [1.82, 2.24) is 9.97 Å². The van der Waals surface area contributed by atoms with Crippen LogP contribution in [-0.4, -0.2) is 16.6 Å². The Morgan fingerprint density at radius 2 is 2.06 bits per heavy atom. The lowest BCUT2D eigenvalue weighted by molar-refractivity contribution is 0.335. The molecule has 5 heteroatoms. The van der Waals surface area contributed by atoms with Gasteiger partial charge < -0.3 is 9.47 Å². The van der Waals surface area contributed by atoms with Gasteiger partial charge >= 0.3 is 0 Å². The second-order valence-corrected chi connectivity index (χ2v) is 4.45. The van der Waals surface area contributed by atoms with Crippen molar-refractivity contribution in [3.63, 3.8) is 0 Å². The molecule has 4 nitrogen and oxygen atoms in total. The van der Waals surface area contributed by atoms with Crippen molar-refractivity contribution in [2.24, 2.45) is 0 Å². The maximum atomic E-state index is 5.64. The van der Waals surface area contributed by atoms with E-state index in [2.05, 4.69) is 25.9 Å². The van der Waals surface area contributed by atoms with Crippen molar-refractivity contribution in [2.75, 3.05) is 6.61 Å². The molecule has 18 heavy (non-hydrogen) atoms. The summed E-state index contributed by atoms with van der Waals surface area (Å²) in [6.07, 6.45) is 1.44. The van der Waals surface area contributed by atoms with Crippen LogP contribution in [0.1, 0.15) is 12.5 Å². The molecule has 0 aliphatic rings. The van der Waals surface area contributed by atoms with E-state index in [1.54, 1.807) is 6.07 Å². The van der Waals surface area contributed by atoms with Gasteiger partial charge in [0.25, 0.3) is 0 Å². The zero-order valence-electron chi connectivity index (χ0n) is 10.2. The third-order valence-electron chi connectivity index (χ3n) is 2.29. The van der Waals surface area contributed by atoms with Gasteiger partial charge in [-0.3, -0.25) is 0 Å². The molecule has 0 amide bonds. The summed E-state index contributed by atoms with van der Waals surface area (Å²) in [6, 6.07) is 7.40. The largest absolute Gasteiger partial charge is 0.493 e. The smallest absolute Gasteiger partial charge is 0.223 e. The molecule has 0 unspecified atom stereocenters. The van der Waals surface area contributed by atoms with E-state index in [1.165, 1.54) is 6.33 Å². The Morgan fingerprint density at radius 3 is 2.78 bits per heavy atom. The Kier molecular flexibility index (Phi) is 4.15. The van der Waals surface area contributed by atoms with Gasteiger partial charge in [0.05, 0.1) is 6.61 Å². The molecule has 1 heterocycles. The third-order valence-corrected chi connectivity index (χ3v) is 2.72. The highest BCUT2D eigenvalue weighted by Gasteiger charge is 2.04. The topological polar surface area (TPSA) is 44.2 Å². The number of nitrogens with zero attached hydrogens (tertiary/aromatic N) is 2. The van der Waals surface area contributed by atoms with Gasteiger partial charge in [0.1, 0.15) is 22.4 Å². The Balaban J connectivity index is 2.21. The lowest BCUT2D eigenvalue weighted by Gasteiger charge is -2.10. The van der Waals surface area contributed by atoms with Gasteiger partial charge in [-0.05, 0) is 41.4 Å². The van der Waals surface area contributed by atoms with Crippen LogP contribution in [0.3, 0.4) is 0 Å². The second-order valence-electron chi connectivity index (χ2n) is 3.64. The van der Waals surface area contributed by atoms with Crippen LogP contribution < -0.4 is 9.47 Å². The van der Waals surface area contributed by atoms with E-state index in [9.17, 15) is 0 Å². The molecule has 1 aromatic heterocycles. The molecule has 94 valence electrons. The molecule has 0 aliphatic carbocycles. The van der Waals surface area contributed by atoms with Gasteiger partial charge in [-0.15, -0.1) is 0 Å². The summed E-state index contributed by atoms with van der Waals surface area (Å²) in [5.74, 6) is 2.00. The van der Waals surface area contributed by atoms with Crippen molar-refractivity contribution in [3.8, 4) is 17.4 Å². The average Bonchev–Trinajstić information content (AvgIpc) is 2.34. The number of aryl methyl sites for hydroxylation is 1. The fraction of sp³-hybridized carbons (Fsp3) is 0.231. The molecule has 1 aromatic carbocycles. The van der Waals surface area contributed by atoms with E-state index in [-0.39, 0.29) is 0 Å². The first-order chi connectivity index (χ1) is 8.69. The van der Waals surface area contributed by atoms with Gasteiger partial charge in [-0.1, -0.05) is 6.07 Å². The fourth-order valence-corrected chi connectivity index (χ4v) is 1.74. The average molecular weight is 309 g/mol. The van der Waals surface area contributed by atoms with E-state index >= 15 is 0 Å². The van der Waals surface area contributed by atoms with Crippen molar-refractivity contribution in [1.29, 1.82) is 0 Å². The van der Waals surface area contributed by atoms with Crippen LogP contribution in [-0.2, 0) is 0 Å². The van der Waals surface area contributed by atoms with Crippen molar-refractivity contribution in [3.05, 3.63) is 40.8 Å². The standard InChI is InChI=1S/C13H13BrN2O2/c1-3-17-11-6-10(5-4-9(11)2)18-13-7-12(14)15-8-16-13/h4-8H,3H2,1-2H3. The van der Waals surface area contributed by atoms with E-state index < -0.39 is 0 Å². The molecule has 2 rings (SSSR count). The van der Waals surface area contributed by atoms with Crippen LogP contribution in [0.2, 0.25) is 0 Å². The molecule has 0 N–H and O–H groups in total. The molecular formula is C13H13BrN2O2. The van der Waals surface area contributed by atoms with Crippen LogP contribution in [0.5, 0.6) is 17.4 Å². The Hall–Kier alpha value is -1.62. The molecule has 0 spiro atoms. The molecule has 0 fully saturated rings. The second kappa shape index (κ2) is 5.82. The molecule has 0 atom stereocenters. The number of aromatic nitrogens is 2. The maximum Gasteiger partial charge on any atom is 0.223 e. The highest BCUT2D eigenvalue weighted by Crippen LogP contribution is 2.27. The molecule has 0 saturated heterocycles. The van der Waals surface area contributed by atoms with Crippen LogP contribution in [0, 0.1) is 6.92 Å². The van der Waals surface area contributed by atoms with Crippen molar-refractivity contribution in [2.45, 2.75) is 13.8 Å². The van der Waals surface area contributed by atoms with Crippen LogP contribution in [0.25, 0.3) is 0 Å². The van der Waals surface area contributed by atoms with Crippen LogP contribution >= 0.6 is 15.9 Å². The number of ether oxygens (including phenoxy) is 2. The first-order valence-corrected chi connectivity index (χ1v) is 6.37. The number of benzene rings is 1. The predicted molar refractivity (Wildman–Crippen MR) is 72.2 cm³/mol. The summed E-state index contributed by atoms with van der Waals surface area (Å²) in [7, 11) is 0. The number of hydrogen-bond acceptors (Lipinski definition) is 4. The van der Waals surface area contributed by atoms with E-state index in [0.29, 0.717) is 22.8 Å². The number of hydrogen-bond donors (Lipinski definition) is 0. The Morgan fingerprint density at radius 1 is 1.22 bits per heavy atom. The van der Waals surface area contributed by atoms with Crippen molar-refractivity contribution >= 4 is 15.9 Å². The molecular weight excluding hydrogens is 296 g/mol. The first kappa shape index (κ1) is 12.8. The van der Waals surface area contributed by atoms with E-state index in [1.807, 2.05) is 32.0 Å². The molecule has 0 aliphatic heterocycles. The summed E-state index contributed by atoms with van der Waals surface area (Å²) >= 11 is 3.27. The van der Waals surface area contributed by atoms with Crippen LogP contribution in [0.4, 0.5) is 0 Å². The molecule has 0 bridgehead atoms. The van der Waals surface area contributed by atoms with E-state index in [4.69, 9.17) is 9.47 Å². The van der Waals surface area contributed by atoms with Gasteiger partial charge in [-0.25, -0.2) is 9.97 Å². The third kappa shape index (κ3) is 3.20. The van der Waals surface area contributed by atoms with Gasteiger partial charge in [0, 0.05) is 12.1 Å². The first-order valence-electron chi connectivity index (χ1n) is 5.58. The van der Waals surface area contributed by atoms with Crippen molar-refractivity contribution < 1.29 is 9.47 Å². The predicted octanol–water partition coefficient (Wildman–Crippen LogP) is 3.74.